The van der Waals surface area contributed by atoms with Crippen LogP contribution in [0.5, 0.6) is 0 Å². The van der Waals surface area contributed by atoms with Crippen molar-refractivity contribution in [1.29, 1.82) is 0 Å². The molecule has 0 unspecified atom stereocenters. The molecule has 5 rings (SSSR count). The number of carboxylic acid groups (broad SMARTS) is 1. The standard InChI is InChI=1S/C23H29N7O2/c1-28-8-10-29(11-9-28)15-16-6-7-20(24-13-16)26-23-25-14-17-12-19(22(31)32)30(21(17)27-23)18-4-2-3-5-18/h6-7,12-14,18H,2-5,8-11,15H2,1H3,(H,31,32)(H,24,25,26,27). The number of anilines is 2. The predicted molar refractivity (Wildman–Crippen MR) is 122 cm³/mol. The number of carboxylic acids is 1. The summed E-state index contributed by atoms with van der Waals surface area (Å²) in [5.41, 5.74) is 2.13. The lowest BCUT2D eigenvalue weighted by molar-refractivity contribution is 0.0683. The van der Waals surface area contributed by atoms with Gasteiger partial charge in [-0.1, -0.05) is 18.9 Å². The van der Waals surface area contributed by atoms with Gasteiger partial charge >= 0.3 is 5.97 Å². The molecule has 0 amide bonds. The monoisotopic (exact) mass is 435 g/mol. The lowest BCUT2D eigenvalue weighted by atomic mass is 10.2. The maximum Gasteiger partial charge on any atom is 0.352 e. The van der Waals surface area contributed by atoms with Gasteiger partial charge in [0.1, 0.15) is 17.2 Å². The highest BCUT2D eigenvalue weighted by Gasteiger charge is 2.25. The molecule has 0 radical (unpaired) electrons. The van der Waals surface area contributed by atoms with E-state index in [9.17, 15) is 9.90 Å². The van der Waals surface area contributed by atoms with Crippen LogP contribution < -0.4 is 5.32 Å². The number of fused-ring (bicyclic) bond motifs is 1. The summed E-state index contributed by atoms with van der Waals surface area (Å²) < 4.78 is 1.88. The molecule has 3 aromatic rings. The number of carbonyl (C=O) groups is 1. The smallest absolute Gasteiger partial charge is 0.352 e. The van der Waals surface area contributed by atoms with Crippen LogP contribution in [0.25, 0.3) is 11.0 Å². The molecule has 0 aromatic carbocycles. The number of aromatic carboxylic acids is 1. The zero-order chi connectivity index (χ0) is 22.1. The Labute approximate surface area is 187 Å². The minimum absolute atomic E-state index is 0.174. The molecule has 32 heavy (non-hydrogen) atoms. The zero-order valence-electron chi connectivity index (χ0n) is 18.4. The summed E-state index contributed by atoms with van der Waals surface area (Å²) >= 11 is 0. The summed E-state index contributed by atoms with van der Waals surface area (Å²) in [5, 5.41) is 13.6. The topological polar surface area (TPSA) is 99.4 Å². The van der Waals surface area contributed by atoms with Crippen molar-refractivity contribution in [1.82, 2.24) is 29.3 Å². The molecule has 1 aliphatic heterocycles. The van der Waals surface area contributed by atoms with Crippen LogP contribution in [0.15, 0.2) is 30.6 Å². The second-order valence-corrected chi connectivity index (χ2v) is 8.87. The minimum atomic E-state index is -0.929. The van der Waals surface area contributed by atoms with Gasteiger partial charge in [0.25, 0.3) is 0 Å². The Morgan fingerprint density at radius 1 is 1.12 bits per heavy atom. The third-order valence-electron chi connectivity index (χ3n) is 6.55. The highest BCUT2D eigenvalue weighted by atomic mass is 16.4. The molecular weight excluding hydrogens is 406 g/mol. The van der Waals surface area contributed by atoms with Crippen LogP contribution in [0.1, 0.15) is 47.8 Å². The third kappa shape index (κ3) is 4.31. The molecule has 1 saturated heterocycles. The molecule has 1 saturated carbocycles. The molecule has 0 spiro atoms. The molecule has 9 heteroatoms. The van der Waals surface area contributed by atoms with Crippen molar-refractivity contribution in [2.24, 2.45) is 0 Å². The average Bonchev–Trinajstić information content (AvgIpc) is 3.44. The number of hydrogen-bond acceptors (Lipinski definition) is 7. The van der Waals surface area contributed by atoms with E-state index in [4.69, 9.17) is 0 Å². The van der Waals surface area contributed by atoms with Gasteiger partial charge in [0.05, 0.1) is 0 Å². The molecule has 2 aliphatic rings. The van der Waals surface area contributed by atoms with Crippen molar-refractivity contribution in [2.75, 3.05) is 38.5 Å². The normalized spacial score (nSPS) is 18.4. The average molecular weight is 436 g/mol. The van der Waals surface area contributed by atoms with Gasteiger partial charge in [-0.3, -0.25) is 4.90 Å². The highest BCUT2D eigenvalue weighted by molar-refractivity contribution is 5.93. The largest absolute Gasteiger partial charge is 0.477 e. The maximum atomic E-state index is 11.8. The number of aromatic nitrogens is 4. The van der Waals surface area contributed by atoms with Crippen molar-refractivity contribution in [3.8, 4) is 0 Å². The first-order valence-corrected chi connectivity index (χ1v) is 11.3. The summed E-state index contributed by atoms with van der Waals surface area (Å²) in [6.45, 7) is 5.24. The first-order chi connectivity index (χ1) is 15.6. The van der Waals surface area contributed by atoms with Gasteiger partial charge in [0.2, 0.25) is 5.95 Å². The Bertz CT molecular complexity index is 1100. The van der Waals surface area contributed by atoms with Gasteiger partial charge in [0, 0.05) is 56.5 Å². The van der Waals surface area contributed by atoms with E-state index in [1.807, 2.05) is 16.8 Å². The van der Waals surface area contributed by atoms with Crippen molar-refractivity contribution in [3.63, 3.8) is 0 Å². The first-order valence-electron chi connectivity index (χ1n) is 11.3. The quantitative estimate of drug-likeness (QED) is 0.609. The number of rotatable bonds is 6. The van der Waals surface area contributed by atoms with E-state index in [1.54, 1.807) is 12.3 Å². The van der Waals surface area contributed by atoms with E-state index in [-0.39, 0.29) is 11.7 Å². The fraction of sp³-hybridized carbons (Fsp3) is 0.478. The molecule has 2 N–H and O–H groups in total. The van der Waals surface area contributed by atoms with E-state index >= 15 is 0 Å². The summed E-state index contributed by atoms with van der Waals surface area (Å²) in [6.07, 6.45) is 7.77. The van der Waals surface area contributed by atoms with Gasteiger partial charge in [-0.25, -0.2) is 14.8 Å². The number of piperazine rings is 1. The van der Waals surface area contributed by atoms with Gasteiger partial charge in [-0.15, -0.1) is 0 Å². The lowest BCUT2D eigenvalue weighted by Gasteiger charge is -2.32. The molecule has 4 heterocycles. The van der Waals surface area contributed by atoms with Crippen LogP contribution in [0.3, 0.4) is 0 Å². The van der Waals surface area contributed by atoms with Crippen LogP contribution in [0.4, 0.5) is 11.8 Å². The molecular formula is C23H29N7O2. The predicted octanol–water partition coefficient (Wildman–Crippen LogP) is 3.13. The SMILES string of the molecule is CN1CCN(Cc2ccc(Nc3ncc4cc(C(=O)O)n(C5CCCC5)c4n3)nc2)CC1. The van der Waals surface area contributed by atoms with E-state index in [1.165, 1.54) is 5.56 Å². The molecule has 168 valence electrons. The van der Waals surface area contributed by atoms with Crippen LogP contribution in [0.2, 0.25) is 0 Å². The van der Waals surface area contributed by atoms with Crippen molar-refractivity contribution < 1.29 is 9.90 Å². The van der Waals surface area contributed by atoms with Crippen molar-refractivity contribution >= 4 is 28.8 Å². The number of nitrogens with one attached hydrogen (secondary N) is 1. The fourth-order valence-corrected chi connectivity index (χ4v) is 4.74. The van der Waals surface area contributed by atoms with Gasteiger partial charge in [0.15, 0.2) is 0 Å². The molecule has 1 aliphatic carbocycles. The van der Waals surface area contributed by atoms with Crippen molar-refractivity contribution in [3.05, 3.63) is 41.9 Å². The molecule has 3 aromatic heterocycles. The van der Waals surface area contributed by atoms with E-state index in [2.05, 4.69) is 43.2 Å². The van der Waals surface area contributed by atoms with Gasteiger partial charge < -0.3 is 19.9 Å². The third-order valence-corrected chi connectivity index (χ3v) is 6.55. The molecule has 2 fully saturated rings. The lowest BCUT2D eigenvalue weighted by Crippen LogP contribution is -2.43. The van der Waals surface area contributed by atoms with E-state index < -0.39 is 5.97 Å². The van der Waals surface area contributed by atoms with Crippen LogP contribution >= 0.6 is 0 Å². The second kappa shape index (κ2) is 8.84. The second-order valence-electron chi connectivity index (χ2n) is 8.87. The summed E-state index contributed by atoms with van der Waals surface area (Å²) in [4.78, 5) is 30.2. The summed E-state index contributed by atoms with van der Waals surface area (Å²) in [7, 11) is 2.16. The van der Waals surface area contributed by atoms with Crippen LogP contribution in [0, 0.1) is 0 Å². The Morgan fingerprint density at radius 3 is 2.59 bits per heavy atom. The van der Waals surface area contributed by atoms with Crippen molar-refractivity contribution in [2.45, 2.75) is 38.3 Å². The number of hydrogen-bond donors (Lipinski definition) is 2. The Kier molecular flexibility index (Phi) is 5.75. The molecule has 0 bridgehead atoms. The molecule has 0 atom stereocenters. The number of likely N-dealkylation sites (N-methyl/N-ethyl adjacent to an activating group) is 1. The maximum absolute atomic E-state index is 11.8. The van der Waals surface area contributed by atoms with Crippen LogP contribution in [-0.2, 0) is 6.54 Å². The number of pyridine rings is 1. The van der Waals surface area contributed by atoms with Gasteiger partial charge in [-0.05, 0) is 37.6 Å². The first kappa shape index (κ1) is 20.8. The molecule has 9 nitrogen and oxygen atoms in total. The highest BCUT2D eigenvalue weighted by Crippen LogP contribution is 2.34. The summed E-state index contributed by atoms with van der Waals surface area (Å²) in [6, 6.07) is 5.87. The van der Waals surface area contributed by atoms with Crippen LogP contribution in [-0.4, -0.2) is 73.6 Å². The Morgan fingerprint density at radius 2 is 1.91 bits per heavy atom. The van der Waals surface area contributed by atoms with E-state index in [0.29, 0.717) is 17.4 Å². The zero-order valence-corrected chi connectivity index (χ0v) is 18.4. The Hall–Kier alpha value is -3.04. The van der Waals surface area contributed by atoms with Gasteiger partial charge in [-0.2, -0.15) is 4.98 Å². The fourth-order valence-electron chi connectivity index (χ4n) is 4.74. The van der Waals surface area contributed by atoms with E-state index in [0.717, 1.165) is 63.8 Å². The summed E-state index contributed by atoms with van der Waals surface area (Å²) in [5.74, 6) is 0.164. The number of nitrogens with zero attached hydrogens (tertiary/aromatic N) is 6. The Balaban J connectivity index is 1.34. The minimum Gasteiger partial charge on any atom is -0.477 e.